The van der Waals surface area contributed by atoms with Gasteiger partial charge < -0.3 is 15.2 Å². The minimum atomic E-state index is -0.591. The zero-order valence-electron chi connectivity index (χ0n) is 11.4. The third kappa shape index (κ3) is 2.71. The lowest BCUT2D eigenvalue weighted by Crippen LogP contribution is -2.28. The first-order valence-electron chi connectivity index (χ1n) is 6.71. The monoisotopic (exact) mass is 310 g/mol. The Bertz CT molecular complexity index is 688. The third-order valence-corrected chi connectivity index (χ3v) is 4.61. The third-order valence-electron chi connectivity index (χ3n) is 3.69. The van der Waals surface area contributed by atoms with Crippen molar-refractivity contribution in [3.8, 4) is 5.75 Å². The van der Waals surface area contributed by atoms with E-state index in [4.69, 9.17) is 4.74 Å². The number of thiazole rings is 1. The number of amides is 1. The minimum absolute atomic E-state index is 0.238. The number of methoxy groups -OCH3 is 1. The first-order valence-corrected chi connectivity index (χ1v) is 7.53. The number of nitrogens with zero attached hydrogens (tertiary/aromatic N) is 1. The van der Waals surface area contributed by atoms with E-state index in [9.17, 15) is 14.3 Å². The summed E-state index contributed by atoms with van der Waals surface area (Å²) in [5, 5.41) is 12.8. The van der Waals surface area contributed by atoms with Crippen molar-refractivity contribution in [3.05, 3.63) is 17.9 Å². The molecule has 0 spiro atoms. The molecule has 1 aromatic heterocycles. The van der Waals surface area contributed by atoms with Gasteiger partial charge in [0.05, 0.1) is 23.8 Å². The van der Waals surface area contributed by atoms with E-state index in [0.29, 0.717) is 33.9 Å². The number of hydrogen-bond donors (Lipinski definition) is 2. The minimum Gasteiger partial charge on any atom is -0.494 e. The molecule has 5 nitrogen and oxygen atoms in total. The summed E-state index contributed by atoms with van der Waals surface area (Å²) in [5.41, 5.74) is 0.520. The van der Waals surface area contributed by atoms with Crippen LogP contribution in [0.1, 0.15) is 19.3 Å². The van der Waals surface area contributed by atoms with Crippen LogP contribution in [0.4, 0.5) is 9.52 Å². The van der Waals surface area contributed by atoms with Crippen molar-refractivity contribution in [2.45, 2.75) is 25.4 Å². The number of hydrogen-bond acceptors (Lipinski definition) is 5. The Morgan fingerprint density at radius 2 is 2.33 bits per heavy atom. The fourth-order valence-corrected chi connectivity index (χ4v) is 3.53. The molecule has 1 amide bonds. The summed E-state index contributed by atoms with van der Waals surface area (Å²) >= 11 is 1.18. The van der Waals surface area contributed by atoms with Crippen molar-refractivity contribution in [3.63, 3.8) is 0 Å². The highest BCUT2D eigenvalue weighted by Crippen LogP contribution is 2.34. The predicted octanol–water partition coefficient (Wildman–Crippen LogP) is 2.54. The highest BCUT2D eigenvalue weighted by atomic mass is 32.1. The molecule has 112 valence electrons. The van der Waals surface area contributed by atoms with Gasteiger partial charge in [0.2, 0.25) is 5.91 Å². The van der Waals surface area contributed by atoms with Crippen molar-refractivity contribution in [2.75, 3.05) is 12.4 Å². The molecule has 0 saturated heterocycles. The van der Waals surface area contributed by atoms with Crippen LogP contribution < -0.4 is 10.1 Å². The second-order valence-electron chi connectivity index (χ2n) is 5.07. The Morgan fingerprint density at radius 3 is 3.00 bits per heavy atom. The van der Waals surface area contributed by atoms with Crippen molar-refractivity contribution < 1.29 is 19.0 Å². The van der Waals surface area contributed by atoms with Gasteiger partial charge in [0.25, 0.3) is 0 Å². The van der Waals surface area contributed by atoms with E-state index < -0.39 is 17.8 Å². The molecular weight excluding hydrogens is 295 g/mol. The van der Waals surface area contributed by atoms with Gasteiger partial charge in [-0.25, -0.2) is 9.37 Å². The van der Waals surface area contributed by atoms with Gasteiger partial charge in [0, 0.05) is 6.07 Å². The van der Waals surface area contributed by atoms with Gasteiger partial charge in [0.1, 0.15) is 17.1 Å². The summed E-state index contributed by atoms with van der Waals surface area (Å²) < 4.78 is 19.1. The van der Waals surface area contributed by atoms with E-state index in [1.54, 1.807) is 0 Å². The van der Waals surface area contributed by atoms with Gasteiger partial charge in [-0.15, -0.1) is 0 Å². The average Bonchev–Trinajstić information content (AvgIpc) is 3.03. The van der Waals surface area contributed by atoms with Crippen molar-refractivity contribution in [1.29, 1.82) is 0 Å². The fourth-order valence-electron chi connectivity index (χ4n) is 2.62. The highest BCUT2D eigenvalue weighted by Gasteiger charge is 2.31. The predicted molar refractivity (Wildman–Crippen MR) is 78.1 cm³/mol. The molecule has 1 heterocycles. The van der Waals surface area contributed by atoms with Gasteiger partial charge in [-0.2, -0.15) is 0 Å². The second-order valence-corrected chi connectivity index (χ2v) is 6.10. The van der Waals surface area contributed by atoms with E-state index in [1.807, 2.05) is 0 Å². The Labute approximate surface area is 124 Å². The number of benzene rings is 1. The SMILES string of the molecule is COc1cc(F)cc2sc(NC(=O)C3CCCC3O)nc12. The number of halogens is 1. The zero-order chi connectivity index (χ0) is 15.0. The van der Waals surface area contributed by atoms with Gasteiger partial charge in [-0.3, -0.25) is 4.79 Å². The maximum absolute atomic E-state index is 13.4. The van der Waals surface area contributed by atoms with Crippen molar-refractivity contribution >= 4 is 32.6 Å². The lowest BCUT2D eigenvalue weighted by atomic mass is 10.1. The summed E-state index contributed by atoms with van der Waals surface area (Å²) in [6, 6.07) is 2.62. The summed E-state index contributed by atoms with van der Waals surface area (Å²) in [6.07, 6.45) is 1.58. The Morgan fingerprint density at radius 1 is 1.52 bits per heavy atom. The molecule has 2 N–H and O–H groups in total. The average molecular weight is 310 g/mol. The van der Waals surface area contributed by atoms with E-state index in [0.717, 1.165) is 6.42 Å². The van der Waals surface area contributed by atoms with E-state index >= 15 is 0 Å². The zero-order valence-corrected chi connectivity index (χ0v) is 12.2. The summed E-state index contributed by atoms with van der Waals surface area (Å²) in [7, 11) is 1.45. The number of rotatable bonds is 3. The maximum Gasteiger partial charge on any atom is 0.231 e. The topological polar surface area (TPSA) is 71.5 Å². The molecule has 2 aromatic rings. The molecule has 2 unspecified atom stereocenters. The van der Waals surface area contributed by atoms with Gasteiger partial charge >= 0.3 is 0 Å². The molecule has 0 aliphatic heterocycles. The molecule has 21 heavy (non-hydrogen) atoms. The molecule has 7 heteroatoms. The summed E-state index contributed by atoms with van der Waals surface area (Å²) in [5.74, 6) is -0.705. The molecular formula is C14H15FN2O3S. The smallest absolute Gasteiger partial charge is 0.231 e. The number of fused-ring (bicyclic) bond motifs is 1. The lowest BCUT2D eigenvalue weighted by molar-refractivity contribution is -0.122. The molecule has 3 rings (SSSR count). The van der Waals surface area contributed by atoms with Gasteiger partial charge in [0.15, 0.2) is 5.13 Å². The molecule has 2 atom stereocenters. The van der Waals surface area contributed by atoms with Crippen molar-refractivity contribution in [1.82, 2.24) is 4.98 Å². The van der Waals surface area contributed by atoms with Crippen LogP contribution >= 0.6 is 11.3 Å². The Balaban J connectivity index is 1.86. The molecule has 1 aromatic carbocycles. The lowest BCUT2D eigenvalue weighted by Gasteiger charge is -2.12. The molecule has 1 aliphatic carbocycles. The molecule has 1 saturated carbocycles. The molecule has 0 radical (unpaired) electrons. The first kappa shape index (κ1) is 14.2. The van der Waals surface area contributed by atoms with Crippen LogP contribution in [0, 0.1) is 11.7 Å². The molecule has 0 bridgehead atoms. The molecule has 1 aliphatic rings. The van der Waals surface area contributed by atoms with Crippen LogP contribution in [-0.2, 0) is 4.79 Å². The largest absolute Gasteiger partial charge is 0.494 e. The number of ether oxygens (including phenoxy) is 1. The number of carbonyl (C=O) groups is 1. The summed E-state index contributed by atoms with van der Waals surface area (Å²) in [6.45, 7) is 0. The highest BCUT2D eigenvalue weighted by molar-refractivity contribution is 7.22. The van der Waals surface area contributed by atoms with E-state index in [1.165, 1.54) is 30.6 Å². The maximum atomic E-state index is 13.4. The summed E-state index contributed by atoms with van der Waals surface area (Å²) in [4.78, 5) is 16.4. The van der Waals surface area contributed by atoms with E-state index in [2.05, 4.69) is 10.3 Å². The van der Waals surface area contributed by atoms with Crippen LogP contribution in [0.3, 0.4) is 0 Å². The van der Waals surface area contributed by atoms with Gasteiger partial charge in [-0.1, -0.05) is 11.3 Å². The normalized spacial score (nSPS) is 21.7. The number of aliphatic hydroxyl groups is 1. The number of aromatic nitrogens is 1. The second kappa shape index (κ2) is 5.57. The van der Waals surface area contributed by atoms with E-state index in [-0.39, 0.29) is 5.91 Å². The van der Waals surface area contributed by atoms with Crippen LogP contribution in [0.15, 0.2) is 12.1 Å². The first-order chi connectivity index (χ1) is 10.1. The van der Waals surface area contributed by atoms with Crippen LogP contribution in [0.5, 0.6) is 5.75 Å². The Kier molecular flexibility index (Phi) is 3.77. The Hall–Kier alpha value is -1.73. The number of nitrogens with one attached hydrogen (secondary N) is 1. The van der Waals surface area contributed by atoms with Crippen LogP contribution in [0.25, 0.3) is 10.2 Å². The number of aliphatic hydroxyl groups excluding tert-OH is 1. The van der Waals surface area contributed by atoms with Crippen molar-refractivity contribution in [2.24, 2.45) is 5.92 Å². The molecule has 1 fully saturated rings. The van der Waals surface area contributed by atoms with Gasteiger partial charge in [-0.05, 0) is 25.3 Å². The number of carbonyl (C=O) groups excluding carboxylic acids is 1. The quantitative estimate of drug-likeness (QED) is 0.914. The number of anilines is 1. The van der Waals surface area contributed by atoms with Crippen LogP contribution in [0.2, 0.25) is 0 Å². The fraction of sp³-hybridized carbons (Fsp3) is 0.429. The standard InChI is InChI=1S/C14H15FN2O3S/c1-20-10-5-7(15)6-11-12(10)16-14(21-11)17-13(19)8-3-2-4-9(8)18/h5-6,8-9,18H,2-4H2,1H3,(H,16,17,19). The van der Waals surface area contributed by atoms with Crippen LogP contribution in [-0.4, -0.2) is 29.2 Å².